The molecule has 2 heterocycles. The zero-order chi connectivity index (χ0) is 37.7. The van der Waals surface area contributed by atoms with Crippen LogP contribution in [0.25, 0.3) is 111 Å². The molecule has 2 aromatic heterocycles. The summed E-state index contributed by atoms with van der Waals surface area (Å²) in [5.74, 6) is 1.85. The normalized spacial score (nSPS) is 11.5. The van der Waals surface area contributed by atoms with Crippen molar-refractivity contribution >= 4 is 43.5 Å². The molecule has 11 aromatic rings. The molecule has 0 fully saturated rings. The first-order chi connectivity index (χ1) is 28.2. The Hall–Kier alpha value is -7.69. The smallest absolute Gasteiger partial charge is 0.164 e. The first kappa shape index (κ1) is 32.7. The number of benzene rings is 9. The summed E-state index contributed by atoms with van der Waals surface area (Å²) in [6, 6.07) is 69.9. The van der Waals surface area contributed by atoms with Gasteiger partial charge < -0.3 is 4.42 Å². The molecule has 0 amide bonds. The minimum Gasteiger partial charge on any atom is -0.455 e. The Morgan fingerprint density at radius 2 is 0.684 bits per heavy atom. The minimum atomic E-state index is 0.606. The molecule has 0 saturated heterocycles. The zero-order valence-electron chi connectivity index (χ0n) is 30.8. The second kappa shape index (κ2) is 13.6. The van der Waals surface area contributed by atoms with Gasteiger partial charge in [0.2, 0.25) is 0 Å². The Labute approximate surface area is 329 Å². The zero-order valence-corrected chi connectivity index (χ0v) is 30.8. The van der Waals surface area contributed by atoms with Crippen LogP contribution in [0.5, 0.6) is 0 Å². The molecule has 4 heteroatoms. The molecule has 0 spiro atoms. The van der Waals surface area contributed by atoms with Gasteiger partial charge in [-0.3, -0.25) is 0 Å². The molecule has 0 unspecified atom stereocenters. The van der Waals surface area contributed by atoms with Crippen molar-refractivity contribution in [3.63, 3.8) is 0 Å². The molecule has 0 radical (unpaired) electrons. The molecule has 11 rings (SSSR count). The fourth-order valence-electron chi connectivity index (χ4n) is 7.99. The molecule has 0 aliphatic carbocycles. The van der Waals surface area contributed by atoms with Gasteiger partial charge in [-0.05, 0) is 62.0 Å². The van der Waals surface area contributed by atoms with Gasteiger partial charge in [0.05, 0.1) is 0 Å². The van der Waals surface area contributed by atoms with E-state index in [9.17, 15) is 0 Å². The van der Waals surface area contributed by atoms with Crippen LogP contribution in [0.2, 0.25) is 0 Å². The fourth-order valence-corrected chi connectivity index (χ4v) is 7.99. The van der Waals surface area contributed by atoms with E-state index in [2.05, 4.69) is 170 Å². The van der Waals surface area contributed by atoms with Crippen LogP contribution < -0.4 is 0 Å². The van der Waals surface area contributed by atoms with Crippen molar-refractivity contribution in [2.45, 2.75) is 0 Å². The predicted molar refractivity (Wildman–Crippen MR) is 235 cm³/mol. The van der Waals surface area contributed by atoms with Crippen LogP contribution in [-0.2, 0) is 0 Å². The van der Waals surface area contributed by atoms with Crippen molar-refractivity contribution in [2.24, 2.45) is 0 Å². The highest BCUT2D eigenvalue weighted by atomic mass is 16.3. The average Bonchev–Trinajstić information content (AvgIpc) is 3.68. The van der Waals surface area contributed by atoms with Crippen LogP contribution in [0.15, 0.2) is 205 Å². The highest BCUT2D eigenvalue weighted by molar-refractivity contribution is 6.13. The van der Waals surface area contributed by atoms with E-state index in [4.69, 9.17) is 19.4 Å². The van der Waals surface area contributed by atoms with Crippen molar-refractivity contribution in [2.75, 3.05) is 0 Å². The van der Waals surface area contributed by atoms with Crippen LogP contribution in [0.3, 0.4) is 0 Å². The Morgan fingerprint density at radius 1 is 0.263 bits per heavy atom. The number of nitrogens with zero attached hydrogens (tertiary/aromatic N) is 3. The van der Waals surface area contributed by atoms with Gasteiger partial charge in [-0.2, -0.15) is 0 Å². The predicted octanol–water partition coefficient (Wildman–Crippen LogP) is 14.1. The van der Waals surface area contributed by atoms with Crippen molar-refractivity contribution in [1.29, 1.82) is 0 Å². The number of hydrogen-bond acceptors (Lipinski definition) is 4. The lowest BCUT2D eigenvalue weighted by Crippen LogP contribution is -2.00. The maximum absolute atomic E-state index is 6.86. The Morgan fingerprint density at radius 3 is 1.32 bits per heavy atom. The van der Waals surface area contributed by atoms with Gasteiger partial charge >= 0.3 is 0 Å². The second-order valence-electron chi connectivity index (χ2n) is 14.4. The first-order valence-corrected chi connectivity index (χ1v) is 19.2. The summed E-state index contributed by atoms with van der Waals surface area (Å²) in [6.07, 6.45) is 0. The third-order valence-corrected chi connectivity index (χ3v) is 10.9. The molecule has 0 aliphatic heterocycles. The van der Waals surface area contributed by atoms with Crippen molar-refractivity contribution in [3.05, 3.63) is 200 Å². The molecule has 266 valence electrons. The van der Waals surface area contributed by atoms with Crippen molar-refractivity contribution in [3.8, 4) is 67.5 Å². The topological polar surface area (TPSA) is 51.8 Å². The fraction of sp³-hybridized carbons (Fsp3) is 0. The standard InChI is InChI=1S/C53H33N3O/c1-2-13-37(14-3-1)51-54-52(38-27-23-36(24-28-38)41-29-25-34-11-4-6-15-39(34)31-41)56-53(55-51)44-18-8-17-42(33-44)45-19-9-21-47-48-22-10-20-46(50(48)57-49(45)47)43-30-26-35-12-5-7-16-40(35)32-43/h1-33H. The lowest BCUT2D eigenvalue weighted by molar-refractivity contribution is 0.671. The van der Waals surface area contributed by atoms with Gasteiger partial charge in [0, 0.05) is 38.6 Å². The molecule has 4 nitrogen and oxygen atoms in total. The maximum Gasteiger partial charge on any atom is 0.164 e. The average molecular weight is 728 g/mol. The van der Waals surface area contributed by atoms with E-state index in [0.29, 0.717) is 17.5 Å². The molecule has 9 aromatic carbocycles. The molecule has 57 heavy (non-hydrogen) atoms. The number of hydrogen-bond donors (Lipinski definition) is 0. The number of furan rings is 1. The Bertz CT molecular complexity index is 3290. The Kier molecular flexibility index (Phi) is 7.78. The number of rotatable bonds is 6. The number of para-hydroxylation sites is 2. The second-order valence-corrected chi connectivity index (χ2v) is 14.4. The summed E-state index contributed by atoms with van der Waals surface area (Å²) in [6.45, 7) is 0. The SMILES string of the molecule is c1ccc(-c2nc(-c3ccc(-c4ccc5ccccc5c4)cc3)nc(-c3cccc(-c4cccc5c4oc4c(-c6ccc7ccccc7c6)cccc45)c3)n2)cc1. The van der Waals surface area contributed by atoms with Crippen LogP contribution in [0.1, 0.15) is 0 Å². The number of aromatic nitrogens is 3. The van der Waals surface area contributed by atoms with E-state index in [1.54, 1.807) is 0 Å². The maximum atomic E-state index is 6.86. The van der Waals surface area contributed by atoms with Gasteiger partial charge in [-0.1, -0.05) is 182 Å². The van der Waals surface area contributed by atoms with E-state index < -0.39 is 0 Å². The quantitative estimate of drug-likeness (QED) is 0.171. The Balaban J connectivity index is 0.999. The minimum absolute atomic E-state index is 0.606. The molecular weight excluding hydrogens is 695 g/mol. The summed E-state index contributed by atoms with van der Waals surface area (Å²) < 4.78 is 6.86. The van der Waals surface area contributed by atoms with Crippen LogP contribution in [0.4, 0.5) is 0 Å². The van der Waals surface area contributed by atoms with E-state index in [1.807, 2.05) is 30.3 Å². The van der Waals surface area contributed by atoms with Gasteiger partial charge in [-0.15, -0.1) is 0 Å². The molecule has 0 atom stereocenters. The van der Waals surface area contributed by atoms with E-state index in [0.717, 1.165) is 66.4 Å². The van der Waals surface area contributed by atoms with Gasteiger partial charge in [0.15, 0.2) is 17.5 Å². The van der Waals surface area contributed by atoms with E-state index >= 15 is 0 Å². The lowest BCUT2D eigenvalue weighted by Gasteiger charge is -2.10. The van der Waals surface area contributed by atoms with Crippen LogP contribution >= 0.6 is 0 Å². The van der Waals surface area contributed by atoms with Crippen LogP contribution in [-0.4, -0.2) is 15.0 Å². The molecule has 0 bridgehead atoms. The van der Waals surface area contributed by atoms with Crippen molar-refractivity contribution < 1.29 is 4.42 Å². The third-order valence-electron chi connectivity index (χ3n) is 10.9. The summed E-state index contributed by atoms with van der Waals surface area (Å²) in [5, 5.41) is 7.05. The number of fused-ring (bicyclic) bond motifs is 5. The highest BCUT2D eigenvalue weighted by Gasteiger charge is 2.18. The summed E-state index contributed by atoms with van der Waals surface area (Å²) >= 11 is 0. The first-order valence-electron chi connectivity index (χ1n) is 19.2. The molecule has 0 aliphatic rings. The third kappa shape index (κ3) is 5.92. The summed E-state index contributed by atoms with van der Waals surface area (Å²) in [7, 11) is 0. The monoisotopic (exact) mass is 727 g/mol. The summed E-state index contributed by atoms with van der Waals surface area (Å²) in [4.78, 5) is 15.1. The van der Waals surface area contributed by atoms with Gasteiger partial charge in [0.25, 0.3) is 0 Å². The van der Waals surface area contributed by atoms with E-state index in [-0.39, 0.29) is 0 Å². The molecule has 0 saturated carbocycles. The summed E-state index contributed by atoms with van der Waals surface area (Å²) in [5.41, 5.74) is 11.0. The molecule has 0 N–H and O–H groups in total. The lowest BCUT2D eigenvalue weighted by atomic mass is 9.98. The van der Waals surface area contributed by atoms with Crippen molar-refractivity contribution in [1.82, 2.24) is 15.0 Å². The van der Waals surface area contributed by atoms with Gasteiger partial charge in [0.1, 0.15) is 11.2 Å². The highest BCUT2D eigenvalue weighted by Crippen LogP contribution is 2.41. The molecular formula is C53H33N3O. The van der Waals surface area contributed by atoms with E-state index in [1.165, 1.54) is 27.1 Å². The van der Waals surface area contributed by atoms with Gasteiger partial charge in [-0.25, -0.2) is 15.0 Å². The largest absolute Gasteiger partial charge is 0.455 e. The van der Waals surface area contributed by atoms with Crippen LogP contribution in [0, 0.1) is 0 Å².